The van der Waals surface area contributed by atoms with Crippen LogP contribution < -0.4 is 5.32 Å². The van der Waals surface area contributed by atoms with Crippen LogP contribution in [0.2, 0.25) is 0 Å². The fourth-order valence-electron chi connectivity index (χ4n) is 6.05. The third kappa shape index (κ3) is 3.96. The van der Waals surface area contributed by atoms with Crippen molar-refractivity contribution in [2.24, 2.45) is 11.8 Å². The van der Waals surface area contributed by atoms with Gasteiger partial charge in [0, 0.05) is 36.4 Å². The smallest absolute Gasteiger partial charge is 0.353 e. The van der Waals surface area contributed by atoms with Crippen molar-refractivity contribution >= 4 is 16.8 Å². The van der Waals surface area contributed by atoms with Gasteiger partial charge in [0.15, 0.2) is 0 Å². The van der Waals surface area contributed by atoms with Crippen LogP contribution in [-0.4, -0.2) is 40.2 Å². The highest BCUT2D eigenvalue weighted by molar-refractivity contribution is 5.82. The fourth-order valence-corrected chi connectivity index (χ4v) is 6.05. The standard InChI is InChI=1S/C25H29F4N3O2/c1-14(2)21-13-34-24-8-7-18(10-16(24)3-6-23(33)32(21)24)30-12-15-9-22(25(27,28)29)31-20-11-17(26)4-5-19(15)20/h4-5,9,11,14,16,18,21,30H,3,6-8,10,12-13H2,1-2H3/t16-,18+,21-,24-/m1/s1. The van der Waals surface area contributed by atoms with Gasteiger partial charge in [0.05, 0.1) is 18.2 Å². The molecule has 0 bridgehead atoms. The van der Waals surface area contributed by atoms with Crippen molar-refractivity contribution in [3.05, 3.63) is 41.3 Å². The number of benzene rings is 1. The first-order valence-electron chi connectivity index (χ1n) is 11.9. The number of carbonyl (C=O) groups is 1. The van der Waals surface area contributed by atoms with Gasteiger partial charge in [-0.05, 0) is 55.4 Å². The molecule has 1 aromatic heterocycles. The molecule has 2 aromatic rings. The van der Waals surface area contributed by atoms with Crippen LogP contribution in [0.25, 0.3) is 10.9 Å². The molecule has 0 radical (unpaired) electrons. The number of fused-ring (bicyclic) bond motifs is 1. The second kappa shape index (κ2) is 8.45. The van der Waals surface area contributed by atoms with Gasteiger partial charge < -0.3 is 15.0 Å². The van der Waals surface area contributed by atoms with Crippen LogP contribution in [0.3, 0.4) is 0 Å². The van der Waals surface area contributed by atoms with E-state index < -0.39 is 23.4 Å². The minimum Gasteiger partial charge on any atom is -0.353 e. The number of ether oxygens (including phenoxy) is 1. The van der Waals surface area contributed by atoms with Crippen molar-refractivity contribution in [1.29, 1.82) is 0 Å². The lowest BCUT2D eigenvalue weighted by Crippen LogP contribution is -2.62. The maximum atomic E-state index is 13.7. The van der Waals surface area contributed by atoms with Crippen molar-refractivity contribution < 1.29 is 27.1 Å². The second-order valence-electron chi connectivity index (χ2n) is 10.1. The molecule has 1 amide bonds. The summed E-state index contributed by atoms with van der Waals surface area (Å²) < 4.78 is 60.2. The summed E-state index contributed by atoms with van der Waals surface area (Å²) in [5, 5.41) is 3.93. The molecule has 3 aliphatic rings. The Bertz CT molecular complexity index is 1110. The van der Waals surface area contributed by atoms with Gasteiger partial charge in [0.1, 0.15) is 17.2 Å². The molecule has 4 atom stereocenters. The summed E-state index contributed by atoms with van der Waals surface area (Å²) in [6, 6.07) is 4.98. The van der Waals surface area contributed by atoms with Gasteiger partial charge in [-0.3, -0.25) is 4.79 Å². The number of rotatable bonds is 4. The Kier molecular flexibility index (Phi) is 5.83. The molecule has 9 heteroatoms. The first kappa shape index (κ1) is 23.5. The van der Waals surface area contributed by atoms with Crippen LogP contribution in [0.5, 0.6) is 0 Å². The van der Waals surface area contributed by atoms with Crippen molar-refractivity contribution in [3.63, 3.8) is 0 Å². The third-order valence-electron chi connectivity index (χ3n) is 7.78. The van der Waals surface area contributed by atoms with E-state index in [4.69, 9.17) is 4.74 Å². The number of carbonyl (C=O) groups excluding carboxylic acids is 1. The quantitative estimate of drug-likeness (QED) is 0.626. The Hall–Kier alpha value is -2.26. The molecule has 1 aromatic carbocycles. The lowest BCUT2D eigenvalue weighted by atomic mass is 9.72. The normalized spacial score (nSPS) is 29.6. The number of alkyl halides is 3. The average Bonchev–Trinajstić information content (AvgIpc) is 3.17. The topological polar surface area (TPSA) is 54.5 Å². The van der Waals surface area contributed by atoms with Gasteiger partial charge in [0.2, 0.25) is 5.91 Å². The van der Waals surface area contributed by atoms with E-state index >= 15 is 0 Å². The number of pyridine rings is 1. The number of nitrogens with one attached hydrogen (secondary N) is 1. The molecule has 1 spiro atoms. The SMILES string of the molecule is CC(C)[C@H]1CO[C@]23CC[C@H](NCc4cc(C(F)(F)F)nc5cc(F)ccc45)C[C@H]2CCC(=O)N13. The van der Waals surface area contributed by atoms with Crippen molar-refractivity contribution in [1.82, 2.24) is 15.2 Å². The molecule has 5 rings (SSSR count). The monoisotopic (exact) mass is 479 g/mol. The van der Waals surface area contributed by atoms with Crippen molar-refractivity contribution in [2.45, 2.75) is 76.5 Å². The maximum absolute atomic E-state index is 13.7. The summed E-state index contributed by atoms with van der Waals surface area (Å²) in [4.78, 5) is 18.4. The summed E-state index contributed by atoms with van der Waals surface area (Å²) in [5.41, 5.74) is -1.14. The van der Waals surface area contributed by atoms with Crippen LogP contribution >= 0.6 is 0 Å². The van der Waals surface area contributed by atoms with Crippen LogP contribution in [0.1, 0.15) is 57.2 Å². The minimum absolute atomic E-state index is 0.00487. The molecule has 1 aliphatic carbocycles. The lowest BCUT2D eigenvalue weighted by molar-refractivity contribution is -0.188. The Morgan fingerprint density at radius 2 is 2.06 bits per heavy atom. The third-order valence-corrected chi connectivity index (χ3v) is 7.78. The predicted molar refractivity (Wildman–Crippen MR) is 118 cm³/mol. The van der Waals surface area contributed by atoms with E-state index in [0.29, 0.717) is 36.3 Å². The summed E-state index contributed by atoms with van der Waals surface area (Å²) in [6.45, 7) is 4.99. The molecule has 5 nitrogen and oxygen atoms in total. The maximum Gasteiger partial charge on any atom is 0.433 e. The van der Waals surface area contributed by atoms with Gasteiger partial charge >= 0.3 is 6.18 Å². The lowest BCUT2D eigenvalue weighted by Gasteiger charge is -2.52. The average molecular weight is 480 g/mol. The molecule has 2 aliphatic heterocycles. The number of aromatic nitrogens is 1. The second-order valence-corrected chi connectivity index (χ2v) is 10.1. The zero-order valence-electron chi connectivity index (χ0n) is 19.3. The van der Waals surface area contributed by atoms with E-state index in [0.717, 1.165) is 31.4 Å². The first-order chi connectivity index (χ1) is 16.1. The van der Waals surface area contributed by atoms with E-state index in [-0.39, 0.29) is 36.0 Å². The highest BCUT2D eigenvalue weighted by Crippen LogP contribution is 2.50. The van der Waals surface area contributed by atoms with Gasteiger partial charge in [-0.25, -0.2) is 9.37 Å². The number of piperidine rings is 1. The van der Waals surface area contributed by atoms with E-state index in [1.165, 1.54) is 12.1 Å². The van der Waals surface area contributed by atoms with Crippen LogP contribution in [0.15, 0.2) is 24.3 Å². The van der Waals surface area contributed by atoms with Gasteiger partial charge in [-0.15, -0.1) is 0 Å². The van der Waals surface area contributed by atoms with E-state index in [2.05, 4.69) is 24.1 Å². The number of hydrogen-bond acceptors (Lipinski definition) is 4. The van der Waals surface area contributed by atoms with E-state index in [1.54, 1.807) is 0 Å². The zero-order valence-corrected chi connectivity index (χ0v) is 19.3. The molecular formula is C25H29F4N3O2. The number of nitrogens with zero attached hydrogens (tertiary/aromatic N) is 2. The highest BCUT2D eigenvalue weighted by Gasteiger charge is 2.59. The van der Waals surface area contributed by atoms with Crippen molar-refractivity contribution in [3.8, 4) is 0 Å². The predicted octanol–water partition coefficient (Wildman–Crippen LogP) is 5.02. The van der Waals surface area contributed by atoms with Crippen molar-refractivity contribution in [2.75, 3.05) is 6.61 Å². The molecule has 1 N–H and O–H groups in total. The van der Waals surface area contributed by atoms with Gasteiger partial charge in [0.25, 0.3) is 0 Å². The van der Waals surface area contributed by atoms with Crippen LogP contribution in [-0.2, 0) is 22.3 Å². The van der Waals surface area contributed by atoms with E-state index in [1.807, 2.05) is 4.90 Å². The zero-order chi connectivity index (χ0) is 24.3. The summed E-state index contributed by atoms with van der Waals surface area (Å²) in [7, 11) is 0. The summed E-state index contributed by atoms with van der Waals surface area (Å²) >= 11 is 0. The Morgan fingerprint density at radius 3 is 2.79 bits per heavy atom. The van der Waals surface area contributed by atoms with Gasteiger partial charge in [-0.1, -0.05) is 13.8 Å². The Morgan fingerprint density at radius 1 is 1.26 bits per heavy atom. The molecule has 1 saturated carbocycles. The van der Waals surface area contributed by atoms with Crippen LogP contribution in [0.4, 0.5) is 17.6 Å². The molecular weight excluding hydrogens is 450 g/mol. The molecule has 184 valence electrons. The largest absolute Gasteiger partial charge is 0.433 e. The molecule has 2 saturated heterocycles. The molecule has 3 heterocycles. The fraction of sp³-hybridized carbons (Fsp3) is 0.600. The molecule has 34 heavy (non-hydrogen) atoms. The van der Waals surface area contributed by atoms with Gasteiger partial charge in [-0.2, -0.15) is 13.2 Å². The minimum atomic E-state index is -4.61. The Balaban J connectivity index is 1.35. The number of amides is 1. The van der Waals surface area contributed by atoms with Crippen LogP contribution in [0, 0.1) is 17.7 Å². The Labute approximate surface area is 195 Å². The summed E-state index contributed by atoms with van der Waals surface area (Å²) in [6.07, 6.45) is -1.10. The molecule has 0 unspecified atom stereocenters. The highest BCUT2D eigenvalue weighted by atomic mass is 19.4. The van der Waals surface area contributed by atoms with E-state index in [9.17, 15) is 22.4 Å². The first-order valence-corrected chi connectivity index (χ1v) is 11.9. The summed E-state index contributed by atoms with van der Waals surface area (Å²) in [5.74, 6) is 0.0391. The molecule has 3 fully saturated rings. The number of halogens is 4. The number of hydrogen-bond donors (Lipinski definition) is 1.